The van der Waals surface area contributed by atoms with Crippen LogP contribution in [-0.2, 0) is 7.05 Å². The van der Waals surface area contributed by atoms with Crippen molar-refractivity contribution >= 4 is 27.5 Å². The van der Waals surface area contributed by atoms with E-state index >= 15 is 0 Å². The Morgan fingerprint density at radius 3 is 2.91 bits per heavy atom. The van der Waals surface area contributed by atoms with Crippen LogP contribution in [0, 0.1) is 5.82 Å². The van der Waals surface area contributed by atoms with Crippen LogP contribution in [-0.4, -0.2) is 17.3 Å². The lowest BCUT2D eigenvalue weighted by atomic mass is 10.2. The van der Waals surface area contributed by atoms with Crippen molar-refractivity contribution in [2.75, 3.05) is 6.79 Å². The highest BCUT2D eigenvalue weighted by atomic mass is 32.1. The smallest absolute Gasteiger partial charge is 0.279 e. The highest BCUT2D eigenvalue weighted by molar-refractivity contribution is 7.16. The van der Waals surface area contributed by atoms with Gasteiger partial charge in [0.05, 0.1) is 10.2 Å². The van der Waals surface area contributed by atoms with Crippen LogP contribution < -0.4 is 14.3 Å². The van der Waals surface area contributed by atoms with E-state index < -0.39 is 0 Å². The number of ether oxygens (including phenoxy) is 2. The fourth-order valence-electron chi connectivity index (χ4n) is 2.40. The van der Waals surface area contributed by atoms with Crippen molar-refractivity contribution in [2.24, 2.45) is 12.0 Å². The SMILES string of the molecule is Cn1c(=NC(=O)c2ccc3c(c2)OCO3)sc2cc(F)ccc21. The monoisotopic (exact) mass is 330 g/mol. The van der Waals surface area contributed by atoms with Gasteiger partial charge in [-0.05, 0) is 36.4 Å². The zero-order valence-electron chi connectivity index (χ0n) is 12.1. The highest BCUT2D eigenvalue weighted by Gasteiger charge is 2.16. The first-order chi connectivity index (χ1) is 11.1. The number of aryl methyl sites for hydroxylation is 1. The molecule has 1 aliphatic heterocycles. The van der Waals surface area contributed by atoms with E-state index in [1.807, 2.05) is 0 Å². The minimum absolute atomic E-state index is 0.154. The predicted octanol–water partition coefficient (Wildman–Crippen LogP) is 2.85. The number of fused-ring (bicyclic) bond motifs is 2. The van der Waals surface area contributed by atoms with E-state index in [0.29, 0.717) is 21.9 Å². The first kappa shape index (κ1) is 14.0. The Labute approximate surface area is 134 Å². The number of amides is 1. The lowest BCUT2D eigenvalue weighted by Crippen LogP contribution is -2.13. The van der Waals surface area contributed by atoms with E-state index in [1.165, 1.54) is 23.5 Å². The molecule has 0 unspecified atom stereocenters. The zero-order chi connectivity index (χ0) is 16.0. The molecule has 7 heteroatoms. The summed E-state index contributed by atoms with van der Waals surface area (Å²) in [6.07, 6.45) is 0. The van der Waals surface area contributed by atoms with Crippen molar-refractivity contribution < 1.29 is 18.7 Å². The number of carbonyl (C=O) groups excluding carboxylic acids is 1. The van der Waals surface area contributed by atoms with Crippen LogP contribution in [0.25, 0.3) is 10.2 Å². The molecule has 2 heterocycles. The molecule has 4 rings (SSSR count). The number of nitrogens with zero attached hydrogens (tertiary/aromatic N) is 2. The van der Waals surface area contributed by atoms with E-state index in [-0.39, 0.29) is 18.5 Å². The summed E-state index contributed by atoms with van der Waals surface area (Å²) in [5.74, 6) is 0.456. The second kappa shape index (κ2) is 5.20. The fraction of sp³-hybridized carbons (Fsp3) is 0.125. The zero-order valence-corrected chi connectivity index (χ0v) is 12.9. The van der Waals surface area contributed by atoms with Crippen molar-refractivity contribution in [3.8, 4) is 11.5 Å². The third-order valence-corrected chi connectivity index (χ3v) is 4.68. The normalized spacial score (nSPS) is 13.7. The van der Waals surface area contributed by atoms with Gasteiger partial charge in [-0.15, -0.1) is 0 Å². The standard InChI is InChI=1S/C16H11FN2O3S/c1-19-11-4-3-10(17)7-14(11)23-16(19)18-15(20)9-2-5-12-13(6-9)22-8-21-12/h2-7H,8H2,1H3. The van der Waals surface area contributed by atoms with Gasteiger partial charge in [-0.25, -0.2) is 4.39 Å². The van der Waals surface area contributed by atoms with Gasteiger partial charge in [0.1, 0.15) is 5.82 Å². The lowest BCUT2D eigenvalue weighted by molar-refractivity contribution is 0.0997. The second-order valence-electron chi connectivity index (χ2n) is 5.04. The molecular formula is C16H11FN2O3S. The summed E-state index contributed by atoms with van der Waals surface area (Å²) in [5.41, 5.74) is 1.24. The summed E-state index contributed by atoms with van der Waals surface area (Å²) >= 11 is 1.27. The number of thiazole rings is 1. The van der Waals surface area contributed by atoms with Gasteiger partial charge >= 0.3 is 0 Å². The average molecular weight is 330 g/mol. The molecule has 0 spiro atoms. The third-order valence-electron chi connectivity index (χ3n) is 3.59. The van der Waals surface area contributed by atoms with E-state index in [2.05, 4.69) is 4.99 Å². The Morgan fingerprint density at radius 2 is 2.04 bits per heavy atom. The van der Waals surface area contributed by atoms with Crippen LogP contribution in [0.1, 0.15) is 10.4 Å². The molecule has 3 aromatic rings. The molecule has 0 atom stereocenters. The Kier molecular flexibility index (Phi) is 3.16. The van der Waals surface area contributed by atoms with Crippen LogP contribution >= 0.6 is 11.3 Å². The summed E-state index contributed by atoms with van der Waals surface area (Å²) < 4.78 is 26.3. The largest absolute Gasteiger partial charge is 0.454 e. The maximum absolute atomic E-state index is 13.3. The summed E-state index contributed by atoms with van der Waals surface area (Å²) in [6, 6.07) is 9.44. The molecule has 0 radical (unpaired) electrons. The van der Waals surface area contributed by atoms with E-state index in [1.54, 1.807) is 35.9 Å². The topological polar surface area (TPSA) is 52.8 Å². The first-order valence-corrected chi connectivity index (χ1v) is 7.67. The van der Waals surface area contributed by atoms with Crippen molar-refractivity contribution in [2.45, 2.75) is 0 Å². The van der Waals surface area contributed by atoms with E-state index in [9.17, 15) is 9.18 Å². The summed E-state index contributed by atoms with van der Waals surface area (Å²) in [6.45, 7) is 0.154. The molecule has 5 nitrogen and oxygen atoms in total. The number of hydrogen-bond acceptors (Lipinski definition) is 4. The van der Waals surface area contributed by atoms with Crippen molar-refractivity contribution in [1.82, 2.24) is 4.57 Å². The minimum Gasteiger partial charge on any atom is -0.454 e. The minimum atomic E-state index is -0.383. The van der Waals surface area contributed by atoms with Gasteiger partial charge in [-0.3, -0.25) is 4.79 Å². The van der Waals surface area contributed by atoms with Crippen LogP contribution in [0.15, 0.2) is 41.4 Å². The molecule has 1 aromatic heterocycles. The molecule has 0 bridgehead atoms. The average Bonchev–Trinajstić information content (AvgIpc) is 3.11. The molecule has 0 aliphatic carbocycles. The van der Waals surface area contributed by atoms with Crippen molar-refractivity contribution in [3.63, 3.8) is 0 Å². The predicted molar refractivity (Wildman–Crippen MR) is 83.2 cm³/mol. The number of aromatic nitrogens is 1. The van der Waals surface area contributed by atoms with Gasteiger partial charge < -0.3 is 14.0 Å². The molecule has 0 saturated heterocycles. The molecule has 0 fully saturated rings. The number of hydrogen-bond donors (Lipinski definition) is 0. The molecule has 23 heavy (non-hydrogen) atoms. The lowest BCUT2D eigenvalue weighted by Gasteiger charge is -1.98. The molecule has 2 aromatic carbocycles. The second-order valence-corrected chi connectivity index (χ2v) is 6.05. The maximum Gasteiger partial charge on any atom is 0.279 e. The van der Waals surface area contributed by atoms with Gasteiger partial charge in [0.2, 0.25) is 6.79 Å². The van der Waals surface area contributed by atoms with Gasteiger partial charge in [0.25, 0.3) is 5.91 Å². The van der Waals surface area contributed by atoms with Crippen molar-refractivity contribution in [3.05, 3.63) is 52.6 Å². The Bertz CT molecular complexity index is 1010. The van der Waals surface area contributed by atoms with Gasteiger partial charge in [-0.2, -0.15) is 4.99 Å². The van der Waals surface area contributed by atoms with E-state index in [0.717, 1.165) is 10.2 Å². The Balaban J connectivity index is 1.78. The number of rotatable bonds is 1. The molecule has 0 N–H and O–H groups in total. The number of carbonyl (C=O) groups is 1. The highest BCUT2D eigenvalue weighted by Crippen LogP contribution is 2.32. The van der Waals surface area contributed by atoms with Crippen LogP contribution in [0.4, 0.5) is 4.39 Å². The van der Waals surface area contributed by atoms with Crippen LogP contribution in [0.5, 0.6) is 11.5 Å². The molecule has 0 saturated carbocycles. The molecule has 1 amide bonds. The van der Waals surface area contributed by atoms with Crippen LogP contribution in [0.3, 0.4) is 0 Å². The number of benzene rings is 2. The first-order valence-electron chi connectivity index (χ1n) is 6.85. The fourth-order valence-corrected chi connectivity index (χ4v) is 3.44. The van der Waals surface area contributed by atoms with E-state index in [4.69, 9.17) is 9.47 Å². The number of halogens is 1. The summed E-state index contributed by atoms with van der Waals surface area (Å²) in [4.78, 5) is 17.0. The van der Waals surface area contributed by atoms with Crippen LogP contribution in [0.2, 0.25) is 0 Å². The molecule has 116 valence electrons. The Hall–Kier alpha value is -2.67. The third kappa shape index (κ3) is 2.39. The molecule has 1 aliphatic rings. The van der Waals surface area contributed by atoms with Gasteiger partial charge in [0, 0.05) is 12.6 Å². The molecular weight excluding hydrogens is 319 g/mol. The Morgan fingerprint density at radius 1 is 1.22 bits per heavy atom. The summed E-state index contributed by atoms with van der Waals surface area (Å²) in [5, 5.41) is 0. The van der Waals surface area contributed by atoms with Gasteiger partial charge in [0.15, 0.2) is 16.3 Å². The van der Waals surface area contributed by atoms with Crippen molar-refractivity contribution in [1.29, 1.82) is 0 Å². The van der Waals surface area contributed by atoms with Gasteiger partial charge in [-0.1, -0.05) is 11.3 Å². The summed E-state index contributed by atoms with van der Waals surface area (Å²) in [7, 11) is 1.79. The maximum atomic E-state index is 13.3. The quantitative estimate of drug-likeness (QED) is 0.689.